The first-order valence-electron chi connectivity index (χ1n) is 7.24. The lowest BCUT2D eigenvalue weighted by Gasteiger charge is -2.25. The molecule has 0 radical (unpaired) electrons. The topological polar surface area (TPSA) is 70.0 Å². The van der Waals surface area contributed by atoms with Crippen molar-refractivity contribution < 1.29 is 19.7 Å². The van der Waals surface area contributed by atoms with Crippen LogP contribution in [0.5, 0.6) is 5.75 Å². The minimum Gasteiger partial charge on any atom is -0.496 e. The van der Waals surface area contributed by atoms with E-state index in [9.17, 15) is 15.0 Å². The Bertz CT molecular complexity index is 529. The summed E-state index contributed by atoms with van der Waals surface area (Å²) < 4.78 is 5.40. The number of aliphatic hydroxyl groups excluding tert-OH is 1. The van der Waals surface area contributed by atoms with Gasteiger partial charge in [-0.05, 0) is 44.9 Å². The van der Waals surface area contributed by atoms with Crippen molar-refractivity contribution in [1.82, 2.24) is 4.90 Å². The number of ether oxygens (including phenoxy) is 1. The third kappa shape index (κ3) is 3.36. The molecule has 1 aliphatic rings. The Morgan fingerprint density at radius 1 is 1.48 bits per heavy atom. The maximum absolute atomic E-state index is 11.2. The SMILES string of the molecule is COc1c(C)cc(C)cc1C(O)CN1CCCC1C(=O)O. The summed E-state index contributed by atoms with van der Waals surface area (Å²) >= 11 is 0. The molecule has 2 N–H and O–H groups in total. The molecule has 0 bridgehead atoms. The number of β-amino-alcohol motifs (C(OH)–C–C–N with tert-alkyl or cyclic N) is 1. The summed E-state index contributed by atoms with van der Waals surface area (Å²) in [6.45, 7) is 4.94. The number of aliphatic carboxylic acids is 1. The lowest BCUT2D eigenvalue weighted by Crippen LogP contribution is -2.38. The molecule has 5 nitrogen and oxygen atoms in total. The number of aryl methyl sites for hydroxylation is 2. The van der Waals surface area contributed by atoms with Crippen molar-refractivity contribution >= 4 is 5.97 Å². The van der Waals surface area contributed by atoms with Crippen molar-refractivity contribution in [3.05, 3.63) is 28.8 Å². The fourth-order valence-electron chi connectivity index (χ4n) is 3.16. The zero-order chi connectivity index (χ0) is 15.6. The third-order valence-corrected chi connectivity index (χ3v) is 4.07. The Labute approximate surface area is 125 Å². The van der Waals surface area contributed by atoms with Gasteiger partial charge in [0, 0.05) is 12.1 Å². The van der Waals surface area contributed by atoms with Crippen LogP contribution >= 0.6 is 0 Å². The minimum absolute atomic E-state index is 0.316. The van der Waals surface area contributed by atoms with E-state index in [1.54, 1.807) is 7.11 Å². The number of likely N-dealkylation sites (tertiary alicyclic amines) is 1. The summed E-state index contributed by atoms with van der Waals surface area (Å²) in [7, 11) is 1.59. The van der Waals surface area contributed by atoms with Crippen LogP contribution in [-0.2, 0) is 4.79 Å². The monoisotopic (exact) mass is 293 g/mol. The largest absolute Gasteiger partial charge is 0.496 e. The van der Waals surface area contributed by atoms with E-state index < -0.39 is 18.1 Å². The highest BCUT2D eigenvalue weighted by Crippen LogP contribution is 2.32. The molecule has 0 amide bonds. The number of carbonyl (C=O) groups is 1. The van der Waals surface area contributed by atoms with Crippen LogP contribution < -0.4 is 4.74 Å². The van der Waals surface area contributed by atoms with Crippen molar-refractivity contribution in [2.24, 2.45) is 0 Å². The quantitative estimate of drug-likeness (QED) is 0.867. The van der Waals surface area contributed by atoms with E-state index in [4.69, 9.17) is 4.74 Å². The standard InChI is InChI=1S/C16H23NO4/c1-10-7-11(2)15(21-3)12(8-10)14(18)9-17-6-4-5-13(17)16(19)20/h7-8,13-14,18H,4-6,9H2,1-3H3,(H,19,20). The normalized spacial score (nSPS) is 20.5. The number of hydrogen-bond acceptors (Lipinski definition) is 4. The van der Waals surface area contributed by atoms with Gasteiger partial charge in [-0.15, -0.1) is 0 Å². The smallest absolute Gasteiger partial charge is 0.320 e. The summed E-state index contributed by atoms with van der Waals surface area (Å²) in [6.07, 6.45) is 0.748. The van der Waals surface area contributed by atoms with Gasteiger partial charge in [0.15, 0.2) is 0 Å². The van der Waals surface area contributed by atoms with Gasteiger partial charge in [0.2, 0.25) is 0 Å². The summed E-state index contributed by atoms with van der Waals surface area (Å²) in [4.78, 5) is 13.1. The molecule has 116 valence electrons. The number of aliphatic hydroxyl groups is 1. The number of rotatable bonds is 5. The van der Waals surface area contributed by atoms with Gasteiger partial charge in [-0.2, -0.15) is 0 Å². The van der Waals surface area contributed by atoms with Crippen LogP contribution in [0, 0.1) is 13.8 Å². The molecular weight excluding hydrogens is 270 g/mol. The first-order chi connectivity index (χ1) is 9.93. The fraction of sp³-hybridized carbons (Fsp3) is 0.562. The molecule has 1 saturated heterocycles. The average molecular weight is 293 g/mol. The molecule has 2 unspecified atom stereocenters. The first-order valence-corrected chi connectivity index (χ1v) is 7.24. The van der Waals surface area contributed by atoms with E-state index in [-0.39, 0.29) is 0 Å². The number of hydrogen-bond donors (Lipinski definition) is 2. The van der Waals surface area contributed by atoms with Gasteiger partial charge >= 0.3 is 5.97 Å². The molecule has 2 rings (SSSR count). The van der Waals surface area contributed by atoms with Crippen molar-refractivity contribution in [3.8, 4) is 5.75 Å². The minimum atomic E-state index is -0.813. The van der Waals surface area contributed by atoms with Crippen LogP contribution in [-0.4, -0.2) is 47.3 Å². The molecule has 1 aromatic carbocycles. The predicted molar refractivity (Wildman–Crippen MR) is 79.7 cm³/mol. The van der Waals surface area contributed by atoms with E-state index in [1.807, 2.05) is 30.9 Å². The van der Waals surface area contributed by atoms with Crippen molar-refractivity contribution in [2.45, 2.75) is 38.8 Å². The molecule has 0 saturated carbocycles. The second-order valence-electron chi connectivity index (χ2n) is 5.71. The average Bonchev–Trinajstić information content (AvgIpc) is 2.86. The predicted octanol–water partition coefficient (Wildman–Crippen LogP) is 1.89. The molecule has 1 heterocycles. The Hall–Kier alpha value is -1.59. The highest BCUT2D eigenvalue weighted by atomic mass is 16.5. The van der Waals surface area contributed by atoms with Crippen LogP contribution in [0.2, 0.25) is 0 Å². The number of carboxylic acids is 1. The number of benzene rings is 1. The molecule has 1 aromatic rings. The molecule has 21 heavy (non-hydrogen) atoms. The van der Waals surface area contributed by atoms with Crippen LogP contribution in [0.4, 0.5) is 0 Å². The summed E-state index contributed by atoms with van der Waals surface area (Å²) in [5.74, 6) is -0.133. The molecule has 1 aliphatic heterocycles. The van der Waals surface area contributed by atoms with Gasteiger partial charge < -0.3 is 14.9 Å². The molecule has 5 heteroatoms. The Kier molecular flexibility index (Phi) is 4.85. The van der Waals surface area contributed by atoms with Crippen molar-refractivity contribution in [2.75, 3.05) is 20.2 Å². The van der Waals surface area contributed by atoms with E-state index in [0.717, 1.165) is 23.1 Å². The lowest BCUT2D eigenvalue weighted by atomic mass is 10.0. The number of methoxy groups -OCH3 is 1. The second-order valence-corrected chi connectivity index (χ2v) is 5.71. The van der Waals surface area contributed by atoms with Gasteiger partial charge in [-0.25, -0.2) is 0 Å². The summed E-state index contributed by atoms with van der Waals surface area (Å²) in [5, 5.41) is 19.7. The Morgan fingerprint density at radius 3 is 2.81 bits per heavy atom. The first kappa shape index (κ1) is 15.8. The van der Waals surface area contributed by atoms with E-state index >= 15 is 0 Å². The van der Waals surface area contributed by atoms with Crippen LogP contribution in [0.15, 0.2) is 12.1 Å². The van der Waals surface area contributed by atoms with Gasteiger partial charge in [-0.3, -0.25) is 9.69 Å². The third-order valence-electron chi connectivity index (χ3n) is 4.07. The fourth-order valence-corrected chi connectivity index (χ4v) is 3.16. The number of carboxylic acid groups (broad SMARTS) is 1. The van der Waals surface area contributed by atoms with Gasteiger partial charge in [-0.1, -0.05) is 11.6 Å². The maximum atomic E-state index is 11.2. The highest BCUT2D eigenvalue weighted by Gasteiger charge is 2.32. The van der Waals surface area contributed by atoms with Crippen LogP contribution in [0.3, 0.4) is 0 Å². The zero-order valence-electron chi connectivity index (χ0n) is 12.8. The molecular formula is C16H23NO4. The molecule has 0 spiro atoms. The van der Waals surface area contributed by atoms with Gasteiger partial charge in [0.25, 0.3) is 0 Å². The van der Waals surface area contributed by atoms with Crippen molar-refractivity contribution in [1.29, 1.82) is 0 Å². The number of nitrogens with zero attached hydrogens (tertiary/aromatic N) is 1. The van der Waals surface area contributed by atoms with Crippen LogP contribution in [0.1, 0.15) is 35.6 Å². The van der Waals surface area contributed by atoms with E-state index in [1.165, 1.54) is 0 Å². The van der Waals surface area contributed by atoms with E-state index in [0.29, 0.717) is 25.3 Å². The molecule has 0 aliphatic carbocycles. The van der Waals surface area contributed by atoms with E-state index in [2.05, 4.69) is 0 Å². The van der Waals surface area contributed by atoms with Gasteiger partial charge in [0.05, 0.1) is 13.2 Å². The molecule has 0 aromatic heterocycles. The molecule has 1 fully saturated rings. The zero-order valence-corrected chi connectivity index (χ0v) is 12.8. The highest BCUT2D eigenvalue weighted by molar-refractivity contribution is 5.73. The Balaban J connectivity index is 2.20. The van der Waals surface area contributed by atoms with Gasteiger partial charge in [0.1, 0.15) is 11.8 Å². The summed E-state index contributed by atoms with van der Waals surface area (Å²) in [6, 6.07) is 3.42. The Morgan fingerprint density at radius 2 is 2.19 bits per heavy atom. The lowest BCUT2D eigenvalue weighted by molar-refractivity contribution is -0.142. The maximum Gasteiger partial charge on any atom is 0.320 e. The van der Waals surface area contributed by atoms with Crippen LogP contribution in [0.25, 0.3) is 0 Å². The molecule has 2 atom stereocenters. The second kappa shape index (κ2) is 6.45. The summed E-state index contributed by atoms with van der Waals surface area (Å²) in [5.41, 5.74) is 2.76. The van der Waals surface area contributed by atoms with Crippen molar-refractivity contribution in [3.63, 3.8) is 0 Å².